The Bertz CT molecular complexity index is 294. The van der Waals surface area contributed by atoms with Crippen LogP contribution in [0.15, 0.2) is 24.4 Å². The van der Waals surface area contributed by atoms with Crippen molar-refractivity contribution in [3.05, 3.63) is 30.0 Å². The first-order valence-electron chi connectivity index (χ1n) is 4.41. The zero-order valence-electron chi connectivity index (χ0n) is 8.28. The lowest BCUT2D eigenvalue weighted by molar-refractivity contribution is 0.932. The average molecular weight is 177 g/mol. The fraction of sp³-hybridized carbons (Fsp3) is 0.400. The quantitative estimate of drug-likeness (QED) is 0.719. The zero-order chi connectivity index (χ0) is 9.68. The molecule has 1 unspecified atom stereocenters. The fourth-order valence-electron chi connectivity index (χ4n) is 1.09. The minimum absolute atomic E-state index is 0.292. The Morgan fingerprint density at radius 1 is 1.54 bits per heavy atom. The molecule has 0 radical (unpaired) electrons. The summed E-state index contributed by atoms with van der Waals surface area (Å²) in [5, 5.41) is 11.1. The molecule has 0 fully saturated rings. The second-order valence-electron chi connectivity index (χ2n) is 3.02. The lowest BCUT2D eigenvalue weighted by atomic mass is 10.2. The summed E-state index contributed by atoms with van der Waals surface area (Å²) in [7, 11) is 0. The molecule has 0 aromatic carbocycles. The third-order valence-electron chi connectivity index (χ3n) is 1.77. The summed E-state index contributed by atoms with van der Waals surface area (Å²) in [4.78, 5) is 0. The van der Waals surface area contributed by atoms with E-state index in [0.717, 1.165) is 11.4 Å². The molecule has 0 aliphatic carbocycles. The van der Waals surface area contributed by atoms with Crippen molar-refractivity contribution < 1.29 is 0 Å². The molecule has 0 amide bonds. The van der Waals surface area contributed by atoms with E-state index >= 15 is 0 Å². The smallest absolute Gasteiger partial charge is 0.152 e. The van der Waals surface area contributed by atoms with Gasteiger partial charge >= 0.3 is 0 Å². The summed E-state index contributed by atoms with van der Waals surface area (Å²) >= 11 is 0. The Kier molecular flexibility index (Phi) is 3.43. The van der Waals surface area contributed by atoms with Crippen LogP contribution in [0, 0.1) is 6.92 Å². The van der Waals surface area contributed by atoms with Gasteiger partial charge in [-0.25, -0.2) is 0 Å². The van der Waals surface area contributed by atoms with Crippen molar-refractivity contribution in [2.75, 3.05) is 5.32 Å². The van der Waals surface area contributed by atoms with Crippen LogP contribution in [0.4, 0.5) is 5.82 Å². The molecule has 1 aromatic rings. The van der Waals surface area contributed by atoms with E-state index in [0.29, 0.717) is 6.04 Å². The van der Waals surface area contributed by atoms with Crippen LogP contribution in [0.3, 0.4) is 0 Å². The molecule has 70 valence electrons. The van der Waals surface area contributed by atoms with Crippen molar-refractivity contribution in [3.8, 4) is 0 Å². The van der Waals surface area contributed by atoms with E-state index in [-0.39, 0.29) is 0 Å². The summed E-state index contributed by atoms with van der Waals surface area (Å²) in [5.74, 6) is 0.855. The van der Waals surface area contributed by atoms with Crippen molar-refractivity contribution in [3.63, 3.8) is 0 Å². The molecule has 0 spiro atoms. The van der Waals surface area contributed by atoms with Gasteiger partial charge in [0.15, 0.2) is 5.82 Å². The molecule has 0 aliphatic rings. The predicted molar refractivity (Wildman–Crippen MR) is 54.7 cm³/mol. The van der Waals surface area contributed by atoms with Gasteiger partial charge in [-0.2, -0.15) is 5.10 Å². The third kappa shape index (κ3) is 2.86. The normalized spacial score (nSPS) is 13.2. The van der Waals surface area contributed by atoms with Crippen LogP contribution in [0.25, 0.3) is 0 Å². The molecular formula is C10H15N3. The Hall–Kier alpha value is -1.38. The highest BCUT2D eigenvalue weighted by atomic mass is 15.2. The highest BCUT2D eigenvalue weighted by Crippen LogP contribution is 2.09. The Labute approximate surface area is 78.9 Å². The van der Waals surface area contributed by atoms with Gasteiger partial charge in [-0.1, -0.05) is 12.2 Å². The molecule has 1 heterocycles. The van der Waals surface area contributed by atoms with E-state index in [1.54, 1.807) is 6.20 Å². The van der Waals surface area contributed by atoms with E-state index in [4.69, 9.17) is 0 Å². The standard InChI is InChI=1S/C10H15N3/c1-4-5-9(3)12-10-8(2)6-7-11-13-10/h4-7,9H,1-3H3,(H,12,13)/b5-4-. The average Bonchev–Trinajstić information content (AvgIpc) is 2.09. The van der Waals surface area contributed by atoms with Gasteiger partial charge in [0.1, 0.15) is 0 Å². The van der Waals surface area contributed by atoms with E-state index in [1.807, 2.05) is 26.0 Å². The first-order valence-corrected chi connectivity index (χ1v) is 4.41. The molecule has 1 rings (SSSR count). The third-order valence-corrected chi connectivity index (χ3v) is 1.77. The first-order chi connectivity index (χ1) is 6.24. The number of hydrogen-bond acceptors (Lipinski definition) is 3. The lowest BCUT2D eigenvalue weighted by Crippen LogP contribution is -2.14. The van der Waals surface area contributed by atoms with Crippen LogP contribution in [0.5, 0.6) is 0 Å². The predicted octanol–water partition coefficient (Wildman–Crippen LogP) is 2.16. The molecule has 0 saturated heterocycles. The van der Waals surface area contributed by atoms with Crippen LogP contribution in [-0.4, -0.2) is 16.2 Å². The number of rotatable bonds is 3. The van der Waals surface area contributed by atoms with Gasteiger partial charge in [0.05, 0.1) is 6.20 Å². The Morgan fingerprint density at radius 3 is 2.92 bits per heavy atom. The molecule has 0 saturated carbocycles. The van der Waals surface area contributed by atoms with Crippen molar-refractivity contribution in [2.45, 2.75) is 26.8 Å². The topological polar surface area (TPSA) is 37.8 Å². The van der Waals surface area contributed by atoms with Crippen molar-refractivity contribution in [1.82, 2.24) is 10.2 Å². The number of allylic oxidation sites excluding steroid dienone is 1. The molecule has 1 aromatic heterocycles. The molecule has 0 bridgehead atoms. The van der Waals surface area contributed by atoms with Gasteiger partial charge in [0.2, 0.25) is 0 Å². The van der Waals surface area contributed by atoms with Gasteiger partial charge < -0.3 is 5.32 Å². The maximum atomic E-state index is 4.01. The van der Waals surface area contributed by atoms with Gasteiger partial charge in [-0.05, 0) is 32.4 Å². The minimum Gasteiger partial charge on any atom is -0.362 e. The summed E-state index contributed by atoms with van der Waals surface area (Å²) in [6, 6.07) is 2.23. The summed E-state index contributed by atoms with van der Waals surface area (Å²) in [6.45, 7) is 6.09. The summed E-state index contributed by atoms with van der Waals surface area (Å²) in [5.41, 5.74) is 1.12. The van der Waals surface area contributed by atoms with Crippen molar-refractivity contribution in [2.24, 2.45) is 0 Å². The number of nitrogens with one attached hydrogen (secondary N) is 1. The van der Waals surface area contributed by atoms with Crippen LogP contribution < -0.4 is 5.32 Å². The first kappa shape index (κ1) is 9.71. The van der Waals surface area contributed by atoms with E-state index in [2.05, 4.69) is 28.5 Å². The molecular weight excluding hydrogens is 162 g/mol. The molecule has 1 atom stereocenters. The lowest BCUT2D eigenvalue weighted by Gasteiger charge is -2.10. The van der Waals surface area contributed by atoms with Crippen LogP contribution in [0.1, 0.15) is 19.4 Å². The second kappa shape index (κ2) is 4.60. The number of nitrogens with zero attached hydrogens (tertiary/aromatic N) is 2. The van der Waals surface area contributed by atoms with Gasteiger partial charge in [-0.3, -0.25) is 0 Å². The van der Waals surface area contributed by atoms with Crippen LogP contribution in [0.2, 0.25) is 0 Å². The van der Waals surface area contributed by atoms with E-state index in [9.17, 15) is 0 Å². The summed E-state index contributed by atoms with van der Waals surface area (Å²) < 4.78 is 0. The monoisotopic (exact) mass is 177 g/mol. The summed E-state index contributed by atoms with van der Waals surface area (Å²) in [6.07, 6.45) is 5.79. The molecule has 3 heteroatoms. The van der Waals surface area contributed by atoms with Crippen LogP contribution >= 0.6 is 0 Å². The highest BCUT2D eigenvalue weighted by Gasteiger charge is 2.01. The Balaban J connectivity index is 2.68. The van der Waals surface area contributed by atoms with Crippen molar-refractivity contribution >= 4 is 5.82 Å². The number of aromatic nitrogens is 2. The van der Waals surface area contributed by atoms with Crippen LogP contribution in [-0.2, 0) is 0 Å². The largest absolute Gasteiger partial charge is 0.362 e. The molecule has 13 heavy (non-hydrogen) atoms. The zero-order valence-corrected chi connectivity index (χ0v) is 8.28. The maximum Gasteiger partial charge on any atom is 0.152 e. The van der Waals surface area contributed by atoms with Gasteiger partial charge in [-0.15, -0.1) is 5.10 Å². The van der Waals surface area contributed by atoms with E-state index in [1.165, 1.54) is 0 Å². The maximum absolute atomic E-state index is 4.01. The number of aryl methyl sites for hydroxylation is 1. The number of anilines is 1. The SMILES string of the molecule is C/C=C\C(C)Nc1nnccc1C. The van der Waals surface area contributed by atoms with Gasteiger partial charge in [0.25, 0.3) is 0 Å². The molecule has 3 nitrogen and oxygen atoms in total. The number of hydrogen-bond donors (Lipinski definition) is 1. The van der Waals surface area contributed by atoms with E-state index < -0.39 is 0 Å². The fourth-order valence-corrected chi connectivity index (χ4v) is 1.09. The minimum atomic E-state index is 0.292. The Morgan fingerprint density at radius 2 is 2.31 bits per heavy atom. The second-order valence-corrected chi connectivity index (χ2v) is 3.02. The molecule has 0 aliphatic heterocycles. The van der Waals surface area contributed by atoms with Gasteiger partial charge in [0, 0.05) is 6.04 Å². The molecule has 1 N–H and O–H groups in total. The van der Waals surface area contributed by atoms with Crippen molar-refractivity contribution in [1.29, 1.82) is 0 Å². The highest BCUT2D eigenvalue weighted by molar-refractivity contribution is 5.42.